The van der Waals surface area contributed by atoms with Crippen molar-refractivity contribution in [1.29, 1.82) is 0 Å². The van der Waals surface area contributed by atoms with E-state index in [1.165, 1.54) is 7.11 Å². The number of thioether (sulfide) groups is 1. The third-order valence-corrected chi connectivity index (χ3v) is 5.36. The third kappa shape index (κ3) is 6.61. The smallest absolute Gasteiger partial charge is 0.326 e. The van der Waals surface area contributed by atoms with E-state index in [1.807, 2.05) is 0 Å². The van der Waals surface area contributed by atoms with Crippen LogP contribution in [-0.2, 0) is 19.1 Å². The predicted molar refractivity (Wildman–Crippen MR) is 127 cm³/mol. The van der Waals surface area contributed by atoms with Crippen LogP contribution in [0.1, 0.15) is 19.4 Å². The highest BCUT2D eigenvalue weighted by Gasteiger charge is 2.36. The summed E-state index contributed by atoms with van der Waals surface area (Å²) in [5.74, 6) is -0.546. The molecule has 34 heavy (non-hydrogen) atoms. The highest BCUT2D eigenvalue weighted by molar-refractivity contribution is 8.18. The molecule has 178 valence electrons. The van der Waals surface area contributed by atoms with Crippen molar-refractivity contribution in [2.24, 2.45) is 0 Å². The molecule has 0 bridgehead atoms. The zero-order valence-corrected chi connectivity index (χ0v) is 19.7. The van der Waals surface area contributed by atoms with Gasteiger partial charge < -0.3 is 19.5 Å². The Kier molecular flexibility index (Phi) is 8.31. The summed E-state index contributed by atoms with van der Waals surface area (Å²) in [6, 6.07) is 13.7. The number of methoxy groups -OCH3 is 1. The molecule has 1 N–H and O–H groups in total. The lowest BCUT2D eigenvalue weighted by molar-refractivity contribution is -0.149. The van der Waals surface area contributed by atoms with Crippen LogP contribution in [0.3, 0.4) is 0 Å². The van der Waals surface area contributed by atoms with E-state index in [1.54, 1.807) is 68.5 Å². The number of hydrogen-bond donors (Lipinski definition) is 1. The van der Waals surface area contributed by atoms with Crippen molar-refractivity contribution < 1.29 is 33.4 Å². The van der Waals surface area contributed by atoms with Gasteiger partial charge in [-0.05, 0) is 61.5 Å². The van der Waals surface area contributed by atoms with Crippen LogP contribution in [-0.4, -0.2) is 54.3 Å². The number of hydrogen-bond acceptors (Lipinski definition) is 8. The summed E-state index contributed by atoms with van der Waals surface area (Å²) >= 11 is 0.756. The quantitative estimate of drug-likeness (QED) is 0.424. The number of esters is 1. The minimum absolute atomic E-state index is 0.201. The first-order valence-electron chi connectivity index (χ1n) is 10.4. The summed E-state index contributed by atoms with van der Waals surface area (Å²) in [7, 11) is 1.52. The van der Waals surface area contributed by atoms with Gasteiger partial charge in [0, 0.05) is 0 Å². The van der Waals surface area contributed by atoms with E-state index in [4.69, 9.17) is 14.2 Å². The Morgan fingerprint density at radius 3 is 2.47 bits per heavy atom. The molecule has 1 heterocycles. The van der Waals surface area contributed by atoms with E-state index in [0.29, 0.717) is 22.7 Å². The molecule has 1 saturated heterocycles. The van der Waals surface area contributed by atoms with Gasteiger partial charge in [-0.3, -0.25) is 24.1 Å². The fraction of sp³-hybridized carbons (Fsp3) is 0.250. The molecule has 1 fully saturated rings. The molecule has 2 aromatic carbocycles. The van der Waals surface area contributed by atoms with E-state index in [-0.39, 0.29) is 23.5 Å². The SMILES string of the molecule is COc1ccccc1NC(=O)COc1ccc(/C=C2\SC(=O)N(CC(=O)OC(C)C)C2=O)cc1. The van der Waals surface area contributed by atoms with Crippen LogP contribution in [0, 0.1) is 0 Å². The number of ether oxygens (including phenoxy) is 3. The van der Waals surface area contributed by atoms with E-state index in [9.17, 15) is 19.2 Å². The van der Waals surface area contributed by atoms with Crippen LogP contribution in [0.4, 0.5) is 10.5 Å². The fourth-order valence-corrected chi connectivity index (χ4v) is 3.80. The van der Waals surface area contributed by atoms with Crippen LogP contribution in [0.15, 0.2) is 53.4 Å². The lowest BCUT2D eigenvalue weighted by Gasteiger charge is -2.13. The topological polar surface area (TPSA) is 111 Å². The molecule has 1 aliphatic rings. The van der Waals surface area contributed by atoms with Gasteiger partial charge in [-0.2, -0.15) is 0 Å². The van der Waals surface area contributed by atoms with Crippen LogP contribution in [0.2, 0.25) is 0 Å². The van der Waals surface area contributed by atoms with Crippen molar-refractivity contribution >= 4 is 46.5 Å². The van der Waals surface area contributed by atoms with Crippen LogP contribution >= 0.6 is 11.8 Å². The molecular formula is C24H24N2O7S. The Labute approximate surface area is 201 Å². The molecule has 1 aliphatic heterocycles. The van der Waals surface area contributed by atoms with Crippen molar-refractivity contribution in [1.82, 2.24) is 4.90 Å². The molecule has 0 spiro atoms. The first-order chi connectivity index (χ1) is 16.3. The monoisotopic (exact) mass is 484 g/mol. The second-order valence-corrected chi connectivity index (χ2v) is 8.41. The molecule has 3 rings (SSSR count). The Morgan fingerprint density at radius 1 is 1.09 bits per heavy atom. The third-order valence-electron chi connectivity index (χ3n) is 4.46. The van der Waals surface area contributed by atoms with Crippen LogP contribution in [0.25, 0.3) is 6.08 Å². The van der Waals surface area contributed by atoms with Crippen molar-refractivity contribution in [3.05, 3.63) is 59.0 Å². The standard InChI is InChI=1S/C24H24N2O7S/c1-15(2)33-22(28)13-26-23(29)20(34-24(26)30)12-16-8-10-17(11-9-16)32-14-21(27)25-18-6-4-5-7-19(18)31-3/h4-12,15H,13-14H2,1-3H3,(H,25,27)/b20-12-. The van der Waals surface area contributed by atoms with Gasteiger partial charge in [-0.15, -0.1) is 0 Å². The van der Waals surface area contributed by atoms with Crippen molar-refractivity contribution in [2.45, 2.75) is 20.0 Å². The maximum atomic E-state index is 12.5. The highest BCUT2D eigenvalue weighted by atomic mass is 32.2. The van der Waals surface area contributed by atoms with E-state index < -0.39 is 23.7 Å². The van der Waals surface area contributed by atoms with E-state index in [2.05, 4.69) is 5.32 Å². The zero-order valence-electron chi connectivity index (χ0n) is 18.9. The minimum atomic E-state index is -0.644. The molecule has 0 aromatic heterocycles. The highest BCUT2D eigenvalue weighted by Crippen LogP contribution is 2.32. The van der Waals surface area contributed by atoms with Crippen molar-refractivity contribution in [2.75, 3.05) is 25.6 Å². The number of anilines is 1. The zero-order chi connectivity index (χ0) is 24.7. The van der Waals surface area contributed by atoms with E-state index in [0.717, 1.165) is 16.7 Å². The maximum Gasteiger partial charge on any atom is 0.326 e. The number of nitrogens with one attached hydrogen (secondary N) is 1. The number of carbonyl (C=O) groups excluding carboxylic acids is 4. The summed E-state index contributed by atoms with van der Waals surface area (Å²) < 4.78 is 15.7. The lowest BCUT2D eigenvalue weighted by atomic mass is 10.2. The number of para-hydroxylation sites is 2. The van der Waals surface area contributed by atoms with Gasteiger partial charge in [0.1, 0.15) is 18.0 Å². The average molecular weight is 485 g/mol. The Bertz CT molecular complexity index is 1110. The van der Waals surface area contributed by atoms with Gasteiger partial charge in [-0.1, -0.05) is 24.3 Å². The van der Waals surface area contributed by atoms with Gasteiger partial charge in [-0.25, -0.2) is 0 Å². The first-order valence-corrected chi connectivity index (χ1v) is 11.2. The normalized spacial score (nSPS) is 14.5. The van der Waals surface area contributed by atoms with Crippen molar-refractivity contribution in [3.63, 3.8) is 0 Å². The van der Waals surface area contributed by atoms with Crippen molar-refractivity contribution in [3.8, 4) is 11.5 Å². The minimum Gasteiger partial charge on any atom is -0.495 e. The molecule has 10 heteroatoms. The molecule has 0 radical (unpaired) electrons. The summed E-state index contributed by atoms with van der Waals surface area (Å²) in [6.07, 6.45) is 1.22. The number of imide groups is 1. The number of benzene rings is 2. The molecule has 9 nitrogen and oxygen atoms in total. The van der Waals surface area contributed by atoms with Gasteiger partial charge in [0.15, 0.2) is 6.61 Å². The van der Waals surface area contributed by atoms with Crippen LogP contribution in [0.5, 0.6) is 11.5 Å². The number of amides is 3. The number of nitrogens with zero attached hydrogens (tertiary/aromatic N) is 1. The molecular weight excluding hydrogens is 460 g/mol. The summed E-state index contributed by atoms with van der Waals surface area (Å²) in [5, 5.41) is 2.19. The van der Waals surface area contributed by atoms with Gasteiger partial charge in [0.05, 0.1) is 23.8 Å². The summed E-state index contributed by atoms with van der Waals surface area (Å²) in [5.41, 5.74) is 1.20. The Hall–Kier alpha value is -3.79. The van der Waals surface area contributed by atoms with Gasteiger partial charge in [0.25, 0.3) is 17.1 Å². The number of carbonyl (C=O) groups is 4. The lowest BCUT2D eigenvalue weighted by Crippen LogP contribution is -2.35. The molecule has 3 amide bonds. The van der Waals surface area contributed by atoms with E-state index >= 15 is 0 Å². The largest absolute Gasteiger partial charge is 0.495 e. The Balaban J connectivity index is 1.56. The second-order valence-electron chi connectivity index (χ2n) is 7.41. The van der Waals surface area contributed by atoms with Crippen LogP contribution < -0.4 is 14.8 Å². The molecule has 0 saturated carbocycles. The summed E-state index contributed by atoms with van der Waals surface area (Å²) in [6.45, 7) is 2.74. The maximum absolute atomic E-state index is 12.5. The average Bonchev–Trinajstić information content (AvgIpc) is 3.05. The fourth-order valence-electron chi connectivity index (χ4n) is 2.96. The number of rotatable bonds is 9. The van der Waals surface area contributed by atoms with Gasteiger partial charge >= 0.3 is 5.97 Å². The second kappa shape index (κ2) is 11.4. The first kappa shape index (κ1) is 24.8. The molecule has 2 aromatic rings. The molecule has 0 unspecified atom stereocenters. The van der Waals surface area contributed by atoms with Gasteiger partial charge in [0.2, 0.25) is 0 Å². The molecule has 0 aliphatic carbocycles. The molecule has 0 atom stereocenters. The summed E-state index contributed by atoms with van der Waals surface area (Å²) in [4.78, 5) is 49.7. The predicted octanol–water partition coefficient (Wildman–Crippen LogP) is 3.70. The Morgan fingerprint density at radius 2 is 1.79 bits per heavy atom.